The fourth-order valence-corrected chi connectivity index (χ4v) is 7.49. The molecule has 1 aliphatic heterocycles. The van der Waals surface area contributed by atoms with Crippen LogP contribution in [0, 0.1) is 18.3 Å². The molecule has 32 heavy (non-hydrogen) atoms. The van der Waals surface area contributed by atoms with Crippen molar-refractivity contribution in [2.45, 2.75) is 34.5 Å². The average molecular weight is 479 g/mol. The van der Waals surface area contributed by atoms with Gasteiger partial charge in [-0.2, -0.15) is 9.57 Å². The van der Waals surface area contributed by atoms with Gasteiger partial charge in [0.1, 0.15) is 10.9 Å². The largest absolute Gasteiger partial charge is 0.393 e. The zero-order valence-corrected chi connectivity index (χ0v) is 19.0. The van der Waals surface area contributed by atoms with Gasteiger partial charge in [0.05, 0.1) is 28.0 Å². The minimum absolute atomic E-state index is 0.126. The number of aliphatic hydroxyl groups excluding tert-OH is 1. The molecule has 1 aliphatic rings. The molecule has 2 N–H and O–H groups in total. The zero-order chi connectivity index (χ0) is 23.9. The van der Waals surface area contributed by atoms with Gasteiger partial charge >= 0.3 is 0 Å². The molecule has 2 aromatic rings. The van der Waals surface area contributed by atoms with Crippen LogP contribution in [-0.2, 0) is 19.9 Å². The van der Waals surface area contributed by atoms with E-state index in [9.17, 15) is 31.8 Å². The number of aryl methyl sites for hydroxylation is 1. The third kappa shape index (κ3) is 4.07. The predicted molar refractivity (Wildman–Crippen MR) is 114 cm³/mol. The minimum atomic E-state index is -4.26. The maximum atomic E-state index is 13.3. The van der Waals surface area contributed by atoms with E-state index < -0.39 is 50.4 Å². The van der Waals surface area contributed by atoms with Gasteiger partial charge in [0.2, 0.25) is 10.0 Å². The Balaban J connectivity index is 2.01. The molecular formula is C21H22N2O7S2. The molecule has 170 valence electrons. The van der Waals surface area contributed by atoms with E-state index in [0.717, 1.165) is 4.31 Å². The second-order valence-corrected chi connectivity index (χ2v) is 11.8. The number of aliphatic hydroxyl groups is 2. The second-order valence-electron chi connectivity index (χ2n) is 7.77. The molecule has 1 fully saturated rings. The fraction of sp³-hybridized carbons (Fsp3) is 0.333. The standard InChI is InChI=1S/C21H22N2O7S2/c1-14-9-17(15(2)25)5-8-19(14)32(29,30)23-11-20(21(26,12-23)13-24)31(27,28)18-6-3-16(10-22)4-7-18/h3-9,20,24,26H,11-13H2,1-2H3/t20-,21+/m0/s1. The van der Waals surface area contributed by atoms with E-state index in [4.69, 9.17) is 5.26 Å². The van der Waals surface area contributed by atoms with Gasteiger partial charge < -0.3 is 10.2 Å². The Morgan fingerprint density at radius 3 is 2.31 bits per heavy atom. The van der Waals surface area contributed by atoms with Gasteiger partial charge in [-0.3, -0.25) is 4.79 Å². The molecule has 2 aromatic carbocycles. The first-order chi connectivity index (χ1) is 14.9. The highest BCUT2D eigenvalue weighted by Crippen LogP contribution is 2.35. The lowest BCUT2D eigenvalue weighted by molar-refractivity contribution is 0.00159. The molecule has 0 spiro atoms. The maximum absolute atomic E-state index is 13.3. The van der Waals surface area contributed by atoms with Crippen molar-refractivity contribution >= 4 is 25.6 Å². The molecule has 0 aliphatic carbocycles. The van der Waals surface area contributed by atoms with Crippen LogP contribution in [0.15, 0.2) is 52.3 Å². The Kier molecular flexibility index (Phi) is 6.29. The lowest BCUT2D eigenvalue weighted by Crippen LogP contribution is -2.49. The predicted octanol–water partition coefficient (Wildman–Crippen LogP) is 0.640. The van der Waals surface area contributed by atoms with Crippen LogP contribution in [0.4, 0.5) is 0 Å². The zero-order valence-electron chi connectivity index (χ0n) is 17.4. The summed E-state index contributed by atoms with van der Waals surface area (Å²) < 4.78 is 53.7. The quantitative estimate of drug-likeness (QED) is 0.574. The van der Waals surface area contributed by atoms with Gasteiger partial charge in [-0.1, -0.05) is 6.07 Å². The number of benzene rings is 2. The van der Waals surface area contributed by atoms with Crippen LogP contribution < -0.4 is 0 Å². The number of β-amino-alcohol motifs (C(OH)–C–C–N with tert-alkyl or cyclic N) is 1. The summed E-state index contributed by atoms with van der Waals surface area (Å²) >= 11 is 0. The topological polar surface area (TPSA) is 153 Å². The van der Waals surface area contributed by atoms with Gasteiger partial charge in [-0.25, -0.2) is 16.8 Å². The van der Waals surface area contributed by atoms with Gasteiger partial charge in [0, 0.05) is 18.7 Å². The SMILES string of the molecule is CC(=O)c1ccc(S(=O)(=O)N2C[C@H](S(=O)(=O)c3ccc(C#N)cc3)[C@](O)(CO)C2)c(C)c1. The molecule has 3 rings (SSSR count). The van der Waals surface area contributed by atoms with Crippen molar-refractivity contribution in [1.29, 1.82) is 5.26 Å². The Labute approximate surface area is 186 Å². The number of nitrogens with zero attached hydrogens (tertiary/aromatic N) is 2. The first-order valence-electron chi connectivity index (χ1n) is 9.56. The van der Waals surface area contributed by atoms with Gasteiger partial charge in [-0.15, -0.1) is 0 Å². The van der Waals surface area contributed by atoms with Crippen LogP contribution in [0.25, 0.3) is 0 Å². The summed E-state index contributed by atoms with van der Waals surface area (Å²) in [5.41, 5.74) is -1.37. The number of carbonyl (C=O) groups is 1. The van der Waals surface area contributed by atoms with Crippen molar-refractivity contribution in [3.63, 3.8) is 0 Å². The summed E-state index contributed by atoms with van der Waals surface area (Å²) in [5.74, 6) is -0.235. The first kappa shape index (κ1) is 24.0. The molecule has 0 amide bonds. The fourth-order valence-electron chi connectivity index (χ4n) is 3.73. The Bertz CT molecular complexity index is 1310. The van der Waals surface area contributed by atoms with Gasteiger partial charge in [0.15, 0.2) is 15.6 Å². The van der Waals surface area contributed by atoms with Gasteiger partial charge in [0.25, 0.3) is 0 Å². The lowest BCUT2D eigenvalue weighted by Gasteiger charge is -2.26. The normalized spacial score (nSPS) is 21.9. The molecule has 0 bridgehead atoms. The van der Waals surface area contributed by atoms with Crippen molar-refractivity contribution in [3.05, 3.63) is 59.2 Å². The Morgan fingerprint density at radius 2 is 1.81 bits per heavy atom. The highest BCUT2D eigenvalue weighted by atomic mass is 32.2. The molecule has 11 heteroatoms. The maximum Gasteiger partial charge on any atom is 0.243 e. The van der Waals surface area contributed by atoms with Crippen molar-refractivity contribution in [1.82, 2.24) is 4.31 Å². The summed E-state index contributed by atoms with van der Waals surface area (Å²) in [6, 6.07) is 10.9. The second kappa shape index (κ2) is 8.38. The molecular weight excluding hydrogens is 456 g/mol. The van der Waals surface area contributed by atoms with E-state index in [0.29, 0.717) is 11.1 Å². The lowest BCUT2D eigenvalue weighted by atomic mass is 10.1. The van der Waals surface area contributed by atoms with Crippen LogP contribution in [0.1, 0.15) is 28.4 Å². The first-order valence-corrected chi connectivity index (χ1v) is 12.5. The molecule has 0 unspecified atom stereocenters. The van der Waals surface area contributed by atoms with Crippen molar-refractivity contribution in [3.8, 4) is 6.07 Å². The minimum Gasteiger partial charge on any atom is -0.393 e. The highest BCUT2D eigenvalue weighted by molar-refractivity contribution is 7.92. The number of hydrogen-bond donors (Lipinski definition) is 2. The van der Waals surface area contributed by atoms with E-state index in [1.807, 2.05) is 6.07 Å². The van der Waals surface area contributed by atoms with E-state index in [1.165, 1.54) is 56.3 Å². The van der Waals surface area contributed by atoms with Gasteiger partial charge in [-0.05, 0) is 55.8 Å². The Hall–Kier alpha value is -2.62. The Morgan fingerprint density at radius 1 is 1.19 bits per heavy atom. The summed E-state index contributed by atoms with van der Waals surface area (Å²) in [6.45, 7) is 0.693. The van der Waals surface area contributed by atoms with E-state index >= 15 is 0 Å². The van der Waals surface area contributed by atoms with Crippen molar-refractivity contribution in [2.75, 3.05) is 19.7 Å². The molecule has 1 saturated heterocycles. The summed E-state index contributed by atoms with van der Waals surface area (Å²) in [7, 11) is -8.49. The highest BCUT2D eigenvalue weighted by Gasteiger charge is 2.55. The van der Waals surface area contributed by atoms with Crippen molar-refractivity contribution < 1.29 is 31.8 Å². The smallest absolute Gasteiger partial charge is 0.243 e. The van der Waals surface area contributed by atoms with E-state index in [2.05, 4.69) is 0 Å². The molecule has 9 nitrogen and oxygen atoms in total. The number of carbonyl (C=O) groups excluding carboxylic acids is 1. The number of sulfonamides is 1. The third-order valence-corrected chi connectivity index (χ3v) is 9.82. The molecule has 2 atom stereocenters. The number of nitriles is 1. The van der Waals surface area contributed by atoms with Crippen LogP contribution in [-0.4, -0.2) is 67.7 Å². The monoisotopic (exact) mass is 478 g/mol. The number of ketones is 1. The van der Waals surface area contributed by atoms with Crippen LogP contribution in [0.2, 0.25) is 0 Å². The number of rotatable bonds is 6. The average Bonchev–Trinajstić information content (AvgIpc) is 3.13. The number of hydrogen-bond acceptors (Lipinski definition) is 8. The van der Waals surface area contributed by atoms with E-state index in [-0.39, 0.29) is 21.1 Å². The molecule has 0 radical (unpaired) electrons. The van der Waals surface area contributed by atoms with Crippen LogP contribution >= 0.6 is 0 Å². The number of sulfone groups is 1. The summed E-state index contributed by atoms with van der Waals surface area (Å²) in [4.78, 5) is 11.2. The van der Waals surface area contributed by atoms with Crippen molar-refractivity contribution in [2.24, 2.45) is 0 Å². The number of Topliss-reactive ketones (excluding diaryl/α,β-unsaturated/α-hetero) is 1. The summed E-state index contributed by atoms with van der Waals surface area (Å²) in [6.07, 6.45) is 0. The van der Waals surface area contributed by atoms with Crippen LogP contribution in [0.3, 0.4) is 0 Å². The van der Waals surface area contributed by atoms with E-state index in [1.54, 1.807) is 0 Å². The molecule has 1 heterocycles. The molecule has 0 saturated carbocycles. The summed E-state index contributed by atoms with van der Waals surface area (Å²) in [5, 5.41) is 27.9. The third-order valence-electron chi connectivity index (χ3n) is 5.58. The van der Waals surface area contributed by atoms with Crippen LogP contribution in [0.5, 0.6) is 0 Å². The molecule has 0 aromatic heterocycles.